The van der Waals surface area contributed by atoms with Gasteiger partial charge in [0, 0.05) is 18.5 Å². The molecule has 2 amide bonds. The highest BCUT2D eigenvalue weighted by molar-refractivity contribution is 8.15. The van der Waals surface area contributed by atoms with Crippen LogP contribution in [0, 0.1) is 11.6 Å². The zero-order chi connectivity index (χ0) is 17.0. The number of rotatable bonds is 5. The van der Waals surface area contributed by atoms with Gasteiger partial charge in [-0.05, 0) is 25.5 Å². The predicted molar refractivity (Wildman–Crippen MR) is 86.3 cm³/mol. The highest BCUT2D eigenvalue weighted by Gasteiger charge is 2.32. The van der Waals surface area contributed by atoms with Gasteiger partial charge in [-0.2, -0.15) is 0 Å². The summed E-state index contributed by atoms with van der Waals surface area (Å²) in [5, 5.41) is 4.85. The van der Waals surface area contributed by atoms with E-state index in [2.05, 4.69) is 15.6 Å². The van der Waals surface area contributed by atoms with Crippen LogP contribution in [0.15, 0.2) is 23.2 Å². The molecule has 1 aliphatic heterocycles. The van der Waals surface area contributed by atoms with Crippen molar-refractivity contribution < 1.29 is 18.4 Å². The molecule has 1 heterocycles. The summed E-state index contributed by atoms with van der Waals surface area (Å²) in [7, 11) is 0. The summed E-state index contributed by atoms with van der Waals surface area (Å²) in [5.41, 5.74) is -0.117. The van der Waals surface area contributed by atoms with Crippen LogP contribution in [0.5, 0.6) is 0 Å². The second-order valence-corrected chi connectivity index (χ2v) is 6.36. The third-order valence-corrected chi connectivity index (χ3v) is 4.38. The lowest BCUT2D eigenvalue weighted by atomic mass is 10.2. The minimum atomic E-state index is -0.860. The summed E-state index contributed by atoms with van der Waals surface area (Å²) in [6.45, 7) is 3.91. The molecule has 1 saturated heterocycles. The minimum absolute atomic E-state index is 0.0821. The molecule has 2 rings (SSSR count). The van der Waals surface area contributed by atoms with Crippen LogP contribution in [-0.2, 0) is 9.59 Å². The number of carbonyl (C=O) groups is 2. The molecule has 2 N–H and O–H groups in total. The molecule has 5 nitrogen and oxygen atoms in total. The van der Waals surface area contributed by atoms with E-state index in [9.17, 15) is 18.4 Å². The molecular formula is C15H17F2N3O2S. The van der Waals surface area contributed by atoms with E-state index in [1.165, 1.54) is 11.8 Å². The number of aliphatic imine (C=N–C) groups is 1. The molecule has 0 aromatic heterocycles. The van der Waals surface area contributed by atoms with Crippen LogP contribution < -0.4 is 10.6 Å². The molecule has 23 heavy (non-hydrogen) atoms. The van der Waals surface area contributed by atoms with Gasteiger partial charge in [-0.15, -0.1) is 0 Å². The van der Waals surface area contributed by atoms with Crippen molar-refractivity contribution in [3.63, 3.8) is 0 Å². The maximum Gasteiger partial charge on any atom is 0.240 e. The van der Waals surface area contributed by atoms with E-state index in [0.29, 0.717) is 11.2 Å². The number of nitrogens with zero attached hydrogens (tertiary/aromatic N) is 1. The molecule has 2 atom stereocenters. The van der Waals surface area contributed by atoms with E-state index in [4.69, 9.17) is 0 Å². The largest absolute Gasteiger partial charge is 0.324 e. The van der Waals surface area contributed by atoms with E-state index in [0.717, 1.165) is 18.6 Å². The normalized spacial score (nSPS) is 20.4. The Morgan fingerprint density at radius 3 is 2.87 bits per heavy atom. The van der Waals surface area contributed by atoms with Crippen LogP contribution in [0.2, 0.25) is 0 Å². The summed E-state index contributed by atoms with van der Waals surface area (Å²) in [6, 6.07) is 2.95. The summed E-state index contributed by atoms with van der Waals surface area (Å²) in [5.74, 6) is -2.40. The van der Waals surface area contributed by atoms with Crippen molar-refractivity contribution in [1.82, 2.24) is 5.32 Å². The molecule has 0 spiro atoms. The van der Waals surface area contributed by atoms with Crippen LogP contribution in [-0.4, -0.2) is 28.3 Å². The number of halogens is 2. The van der Waals surface area contributed by atoms with E-state index < -0.39 is 22.8 Å². The Morgan fingerprint density at radius 1 is 1.48 bits per heavy atom. The molecule has 0 saturated carbocycles. The van der Waals surface area contributed by atoms with Crippen molar-refractivity contribution in [1.29, 1.82) is 0 Å². The van der Waals surface area contributed by atoms with Crippen LogP contribution >= 0.6 is 11.8 Å². The fourth-order valence-corrected chi connectivity index (χ4v) is 2.92. The van der Waals surface area contributed by atoms with Gasteiger partial charge in [0.05, 0.1) is 5.69 Å². The average molecular weight is 341 g/mol. The van der Waals surface area contributed by atoms with Gasteiger partial charge in [-0.1, -0.05) is 18.7 Å². The van der Waals surface area contributed by atoms with Gasteiger partial charge in [0.1, 0.15) is 16.9 Å². The van der Waals surface area contributed by atoms with Gasteiger partial charge >= 0.3 is 0 Å². The van der Waals surface area contributed by atoms with Crippen molar-refractivity contribution in [3.05, 3.63) is 29.8 Å². The van der Waals surface area contributed by atoms with E-state index >= 15 is 0 Å². The van der Waals surface area contributed by atoms with E-state index in [1.54, 1.807) is 0 Å². The molecule has 0 bridgehead atoms. The Morgan fingerprint density at radius 2 is 2.22 bits per heavy atom. The maximum atomic E-state index is 13.5. The summed E-state index contributed by atoms with van der Waals surface area (Å²) >= 11 is 1.18. The van der Waals surface area contributed by atoms with Gasteiger partial charge in [-0.3, -0.25) is 14.6 Å². The number of amides is 2. The highest BCUT2D eigenvalue weighted by Crippen LogP contribution is 2.24. The number of hydrogen-bond acceptors (Lipinski definition) is 4. The number of anilines is 1. The van der Waals surface area contributed by atoms with Gasteiger partial charge in [0.2, 0.25) is 11.8 Å². The van der Waals surface area contributed by atoms with Crippen molar-refractivity contribution in [2.24, 2.45) is 4.99 Å². The molecule has 124 valence electrons. The molecular weight excluding hydrogens is 324 g/mol. The van der Waals surface area contributed by atoms with Crippen molar-refractivity contribution in [3.8, 4) is 0 Å². The highest BCUT2D eigenvalue weighted by atomic mass is 32.2. The minimum Gasteiger partial charge on any atom is -0.324 e. The Kier molecular flexibility index (Phi) is 5.70. The smallest absolute Gasteiger partial charge is 0.240 e. The Bertz CT molecular complexity index is 652. The number of thioether (sulfide) groups is 1. The first kappa shape index (κ1) is 17.4. The van der Waals surface area contributed by atoms with Crippen molar-refractivity contribution in [2.75, 3.05) is 5.32 Å². The molecule has 0 aliphatic carbocycles. The number of benzene rings is 1. The first-order chi connectivity index (χ1) is 10.9. The fraction of sp³-hybridized carbons (Fsp3) is 0.400. The summed E-state index contributed by atoms with van der Waals surface area (Å²) in [6.07, 6.45) is 0.724. The van der Waals surface area contributed by atoms with Crippen LogP contribution in [0.4, 0.5) is 14.5 Å². The molecule has 1 aliphatic rings. The molecule has 1 fully saturated rings. The predicted octanol–water partition coefficient (Wildman–Crippen LogP) is 2.68. The number of carbonyl (C=O) groups excluding carboxylic acids is 2. The first-order valence-electron chi connectivity index (χ1n) is 7.19. The number of amidine groups is 1. The van der Waals surface area contributed by atoms with Crippen LogP contribution in [0.1, 0.15) is 26.7 Å². The van der Waals surface area contributed by atoms with Crippen molar-refractivity contribution in [2.45, 2.75) is 38.0 Å². The SMILES string of the molecule is CC[C@H](C)N=C1NC(=O)[C@H](CC(=O)Nc2ccc(F)cc2F)S1. The lowest BCUT2D eigenvalue weighted by Gasteiger charge is -2.08. The van der Waals surface area contributed by atoms with Gasteiger partial charge < -0.3 is 10.6 Å². The molecule has 0 unspecified atom stereocenters. The van der Waals surface area contributed by atoms with E-state index in [-0.39, 0.29) is 24.1 Å². The van der Waals surface area contributed by atoms with E-state index in [1.807, 2.05) is 13.8 Å². The quantitative estimate of drug-likeness (QED) is 0.865. The fourth-order valence-electron chi connectivity index (χ4n) is 1.85. The van der Waals surface area contributed by atoms with Gasteiger partial charge in [0.25, 0.3) is 0 Å². The Hall–Kier alpha value is -1.96. The zero-order valence-electron chi connectivity index (χ0n) is 12.7. The molecule has 1 aromatic carbocycles. The third kappa shape index (κ3) is 4.75. The van der Waals surface area contributed by atoms with Gasteiger partial charge in [0.15, 0.2) is 5.17 Å². The van der Waals surface area contributed by atoms with Crippen LogP contribution in [0.25, 0.3) is 0 Å². The number of nitrogens with one attached hydrogen (secondary N) is 2. The summed E-state index contributed by atoms with van der Waals surface area (Å²) in [4.78, 5) is 28.1. The lowest BCUT2D eigenvalue weighted by Crippen LogP contribution is -2.28. The Labute approximate surface area is 136 Å². The average Bonchev–Trinajstić information content (AvgIpc) is 2.81. The topological polar surface area (TPSA) is 70.6 Å². The molecule has 0 radical (unpaired) electrons. The second-order valence-electron chi connectivity index (χ2n) is 5.16. The maximum absolute atomic E-state index is 13.5. The standard InChI is InChI=1S/C15H17F2N3O2S/c1-3-8(2)18-15-20-14(22)12(23-15)7-13(21)19-11-5-4-9(16)6-10(11)17/h4-6,8,12H,3,7H2,1-2H3,(H,19,21)(H,18,20,22)/t8-,12-/m0/s1. The van der Waals surface area contributed by atoms with Crippen molar-refractivity contribution >= 4 is 34.4 Å². The molecule has 8 heteroatoms. The number of hydrogen-bond donors (Lipinski definition) is 2. The second kappa shape index (κ2) is 7.54. The van der Waals surface area contributed by atoms with Gasteiger partial charge in [-0.25, -0.2) is 8.78 Å². The molecule has 1 aromatic rings. The monoisotopic (exact) mass is 341 g/mol. The lowest BCUT2D eigenvalue weighted by molar-refractivity contribution is -0.122. The first-order valence-corrected chi connectivity index (χ1v) is 8.07. The third-order valence-electron chi connectivity index (χ3n) is 3.28. The Balaban J connectivity index is 1.95. The summed E-state index contributed by atoms with van der Waals surface area (Å²) < 4.78 is 26.3. The zero-order valence-corrected chi connectivity index (χ0v) is 13.5. The van der Waals surface area contributed by atoms with Crippen LogP contribution in [0.3, 0.4) is 0 Å².